The lowest BCUT2D eigenvalue weighted by Gasteiger charge is -2.14. The average molecular weight is 438 g/mol. The minimum Gasteiger partial charge on any atom is -0.361 e. The average Bonchev–Trinajstić information content (AvgIpc) is 3.02. The molecule has 3 aromatic rings. The van der Waals surface area contributed by atoms with E-state index >= 15 is 0 Å². The third-order valence-electron chi connectivity index (χ3n) is 4.50. The van der Waals surface area contributed by atoms with Crippen LogP contribution in [0.25, 0.3) is 0 Å². The first-order chi connectivity index (χ1) is 14.2. The van der Waals surface area contributed by atoms with Crippen LogP contribution in [0.2, 0.25) is 0 Å². The number of alkyl halides is 3. The molecular formula is C21H18F4N2O2S. The zero-order chi connectivity index (χ0) is 21.9. The highest BCUT2D eigenvalue weighted by atomic mass is 32.2. The Bertz CT molecular complexity index is 1040. The molecule has 30 heavy (non-hydrogen) atoms. The summed E-state index contributed by atoms with van der Waals surface area (Å²) in [7, 11) is 0. The van der Waals surface area contributed by atoms with E-state index in [-0.39, 0.29) is 12.1 Å². The van der Waals surface area contributed by atoms with Crippen molar-refractivity contribution in [2.24, 2.45) is 0 Å². The quantitative estimate of drug-likeness (QED) is 0.398. The second kappa shape index (κ2) is 8.91. The van der Waals surface area contributed by atoms with Crippen molar-refractivity contribution in [1.29, 1.82) is 0 Å². The van der Waals surface area contributed by atoms with E-state index < -0.39 is 23.5 Å². The number of halogens is 4. The van der Waals surface area contributed by atoms with Gasteiger partial charge in [-0.15, -0.1) is 11.8 Å². The van der Waals surface area contributed by atoms with Crippen LogP contribution >= 0.6 is 11.8 Å². The van der Waals surface area contributed by atoms with Crippen LogP contribution in [0, 0.1) is 19.7 Å². The highest BCUT2D eigenvalue weighted by molar-refractivity contribution is 7.98. The lowest BCUT2D eigenvalue weighted by atomic mass is 10.1. The van der Waals surface area contributed by atoms with Crippen LogP contribution in [0.15, 0.2) is 51.9 Å². The van der Waals surface area contributed by atoms with Gasteiger partial charge in [-0.1, -0.05) is 23.4 Å². The zero-order valence-electron chi connectivity index (χ0n) is 16.1. The number of benzene rings is 2. The summed E-state index contributed by atoms with van der Waals surface area (Å²) in [4.78, 5) is 13.3. The topological polar surface area (TPSA) is 55.1 Å². The number of rotatable bonds is 6. The van der Waals surface area contributed by atoms with E-state index in [1.165, 1.54) is 11.8 Å². The number of aryl methyl sites for hydroxylation is 2. The number of amides is 1. The van der Waals surface area contributed by atoms with Gasteiger partial charge in [-0.25, -0.2) is 4.39 Å². The van der Waals surface area contributed by atoms with E-state index in [0.29, 0.717) is 28.0 Å². The number of hydrogen-bond donors (Lipinski definition) is 1. The summed E-state index contributed by atoms with van der Waals surface area (Å²) in [5, 5.41) is 6.39. The van der Waals surface area contributed by atoms with Gasteiger partial charge in [-0.2, -0.15) is 13.2 Å². The smallest absolute Gasteiger partial charge is 0.361 e. The molecule has 0 unspecified atom stereocenters. The summed E-state index contributed by atoms with van der Waals surface area (Å²) in [6.45, 7) is 3.25. The Morgan fingerprint density at radius 1 is 1.17 bits per heavy atom. The third kappa shape index (κ3) is 5.02. The molecule has 4 nitrogen and oxygen atoms in total. The molecule has 3 rings (SSSR count). The van der Waals surface area contributed by atoms with Gasteiger partial charge in [0, 0.05) is 22.8 Å². The summed E-state index contributed by atoms with van der Waals surface area (Å²) >= 11 is 1.40. The predicted molar refractivity (Wildman–Crippen MR) is 105 cm³/mol. The molecule has 0 saturated heterocycles. The zero-order valence-corrected chi connectivity index (χ0v) is 17.0. The molecule has 0 aliphatic carbocycles. The number of nitrogens with zero attached hydrogens (tertiary/aromatic N) is 1. The molecule has 0 fully saturated rings. The lowest BCUT2D eigenvalue weighted by Crippen LogP contribution is -2.25. The first-order valence-electron chi connectivity index (χ1n) is 8.94. The molecule has 1 heterocycles. The fraction of sp³-hybridized carbons (Fsp3) is 0.238. The summed E-state index contributed by atoms with van der Waals surface area (Å²) < 4.78 is 57.8. The number of carbonyl (C=O) groups excluding carboxylic acids is 1. The van der Waals surface area contributed by atoms with Crippen molar-refractivity contribution in [2.45, 2.75) is 37.2 Å². The fourth-order valence-corrected chi connectivity index (χ4v) is 4.08. The van der Waals surface area contributed by atoms with Crippen molar-refractivity contribution >= 4 is 17.7 Å². The van der Waals surface area contributed by atoms with E-state index in [4.69, 9.17) is 4.52 Å². The molecule has 0 aliphatic rings. The number of aromatic nitrogens is 1. The number of carbonyl (C=O) groups is 1. The van der Waals surface area contributed by atoms with Gasteiger partial charge in [0.15, 0.2) is 0 Å². The molecular weight excluding hydrogens is 420 g/mol. The largest absolute Gasteiger partial charge is 0.416 e. The van der Waals surface area contributed by atoms with E-state index in [1.807, 2.05) is 6.92 Å². The Morgan fingerprint density at radius 3 is 2.57 bits per heavy atom. The van der Waals surface area contributed by atoms with Crippen molar-refractivity contribution in [3.05, 3.63) is 82.0 Å². The maximum Gasteiger partial charge on any atom is 0.416 e. The Balaban J connectivity index is 1.74. The Morgan fingerprint density at radius 2 is 1.90 bits per heavy atom. The normalized spacial score (nSPS) is 11.5. The highest BCUT2D eigenvalue weighted by Gasteiger charge is 2.33. The molecule has 0 bridgehead atoms. The fourth-order valence-electron chi connectivity index (χ4n) is 2.88. The van der Waals surface area contributed by atoms with Gasteiger partial charge in [0.2, 0.25) is 0 Å². The molecule has 1 aromatic heterocycles. The van der Waals surface area contributed by atoms with Crippen LogP contribution < -0.4 is 5.32 Å². The molecule has 0 saturated carbocycles. The molecule has 2 aromatic carbocycles. The van der Waals surface area contributed by atoms with Crippen LogP contribution in [-0.2, 0) is 18.5 Å². The molecule has 1 amide bonds. The first kappa shape index (κ1) is 21.9. The minimum absolute atomic E-state index is 0.210. The van der Waals surface area contributed by atoms with Crippen molar-refractivity contribution in [1.82, 2.24) is 10.5 Å². The summed E-state index contributed by atoms with van der Waals surface area (Å²) in [6.07, 6.45) is -4.72. The maximum absolute atomic E-state index is 13.3. The monoisotopic (exact) mass is 438 g/mol. The third-order valence-corrected chi connectivity index (χ3v) is 5.60. The second-order valence-electron chi connectivity index (χ2n) is 6.57. The van der Waals surface area contributed by atoms with E-state index in [9.17, 15) is 22.4 Å². The van der Waals surface area contributed by atoms with Crippen molar-refractivity contribution < 1.29 is 26.9 Å². The van der Waals surface area contributed by atoms with Crippen LogP contribution in [0.5, 0.6) is 0 Å². The van der Waals surface area contributed by atoms with Crippen molar-refractivity contribution in [2.75, 3.05) is 0 Å². The Hall–Kier alpha value is -2.81. The predicted octanol–water partition coefficient (Wildman–Crippen LogP) is 5.67. The molecule has 1 N–H and O–H groups in total. The van der Waals surface area contributed by atoms with Crippen molar-refractivity contribution in [3.8, 4) is 0 Å². The van der Waals surface area contributed by atoms with Gasteiger partial charge >= 0.3 is 6.18 Å². The maximum atomic E-state index is 13.3. The molecule has 0 aliphatic heterocycles. The Labute approximate surface area is 174 Å². The number of nitrogens with one attached hydrogen (secondary N) is 1. The van der Waals surface area contributed by atoms with Gasteiger partial charge in [-0.3, -0.25) is 4.79 Å². The van der Waals surface area contributed by atoms with Crippen LogP contribution in [0.4, 0.5) is 17.6 Å². The number of thioether (sulfide) groups is 1. The SMILES string of the molecule is Cc1noc(C)c1CSc1ccccc1C(=O)NCc1ccc(F)cc1C(F)(F)F. The number of hydrogen-bond acceptors (Lipinski definition) is 4. The molecule has 158 valence electrons. The van der Waals surface area contributed by atoms with Gasteiger partial charge in [-0.05, 0) is 43.7 Å². The second-order valence-corrected chi connectivity index (χ2v) is 7.59. The van der Waals surface area contributed by atoms with Crippen LogP contribution in [0.1, 0.15) is 38.5 Å². The van der Waals surface area contributed by atoms with Gasteiger partial charge in [0.25, 0.3) is 5.91 Å². The Kier molecular flexibility index (Phi) is 6.50. The van der Waals surface area contributed by atoms with Gasteiger partial charge in [0.05, 0.1) is 16.8 Å². The molecule has 0 spiro atoms. The van der Waals surface area contributed by atoms with Crippen LogP contribution in [0.3, 0.4) is 0 Å². The first-order valence-corrected chi connectivity index (χ1v) is 9.92. The lowest BCUT2D eigenvalue weighted by molar-refractivity contribution is -0.138. The van der Waals surface area contributed by atoms with E-state index in [2.05, 4.69) is 10.5 Å². The van der Waals surface area contributed by atoms with Crippen molar-refractivity contribution in [3.63, 3.8) is 0 Å². The molecule has 9 heteroatoms. The standard InChI is InChI=1S/C21H18F4N2O2S/c1-12-17(13(2)29-27-12)11-30-19-6-4-3-5-16(19)20(28)26-10-14-7-8-15(22)9-18(14)21(23,24)25/h3-9H,10-11H2,1-2H3,(H,26,28). The molecule has 0 radical (unpaired) electrons. The van der Waals surface area contributed by atoms with E-state index in [1.54, 1.807) is 31.2 Å². The molecule has 0 atom stereocenters. The highest BCUT2D eigenvalue weighted by Crippen LogP contribution is 2.33. The van der Waals surface area contributed by atoms with Gasteiger partial charge in [0.1, 0.15) is 11.6 Å². The summed E-state index contributed by atoms with van der Waals surface area (Å²) in [5.41, 5.74) is 0.709. The summed E-state index contributed by atoms with van der Waals surface area (Å²) in [5.74, 6) is -0.285. The van der Waals surface area contributed by atoms with Gasteiger partial charge < -0.3 is 9.84 Å². The minimum atomic E-state index is -4.72. The van der Waals surface area contributed by atoms with Crippen LogP contribution in [-0.4, -0.2) is 11.1 Å². The summed E-state index contributed by atoms with van der Waals surface area (Å²) in [6, 6.07) is 9.19. The van der Waals surface area contributed by atoms with E-state index in [0.717, 1.165) is 23.4 Å².